The molecule has 20 heavy (non-hydrogen) atoms. The highest BCUT2D eigenvalue weighted by Crippen LogP contribution is 2.28. The van der Waals surface area contributed by atoms with Gasteiger partial charge in [-0.05, 0) is 43.0 Å². The zero-order valence-corrected chi connectivity index (χ0v) is 11.7. The minimum absolute atomic E-state index is 0.221. The first-order chi connectivity index (χ1) is 9.81. The Labute approximate surface area is 118 Å². The topological polar surface area (TPSA) is 27.8 Å². The number of anilines is 1. The number of alkyl halides is 1. The maximum absolute atomic E-state index is 12.1. The van der Waals surface area contributed by atoms with Gasteiger partial charge >= 0.3 is 0 Å². The van der Waals surface area contributed by atoms with Crippen molar-refractivity contribution in [2.75, 3.05) is 19.0 Å². The molecule has 0 aliphatic rings. The molecule has 2 N–H and O–H groups in total. The van der Waals surface area contributed by atoms with Gasteiger partial charge in [0.25, 0.3) is 0 Å². The summed E-state index contributed by atoms with van der Waals surface area (Å²) >= 11 is 0. The summed E-state index contributed by atoms with van der Waals surface area (Å²) in [5.41, 5.74) is 4.68. The van der Waals surface area contributed by atoms with Crippen LogP contribution in [-0.4, -0.2) is 18.7 Å². The number of aromatic amines is 1. The smallest absolute Gasteiger partial charge is 0.0894 e. The second-order valence-electron chi connectivity index (χ2n) is 5.16. The van der Waals surface area contributed by atoms with Crippen LogP contribution in [0.4, 0.5) is 10.1 Å². The first-order valence-corrected chi connectivity index (χ1v) is 7.10. The van der Waals surface area contributed by atoms with Gasteiger partial charge < -0.3 is 10.3 Å². The van der Waals surface area contributed by atoms with Gasteiger partial charge in [-0.1, -0.05) is 18.2 Å². The van der Waals surface area contributed by atoms with Crippen LogP contribution in [0.1, 0.15) is 18.4 Å². The summed E-state index contributed by atoms with van der Waals surface area (Å²) in [5, 5.41) is 5.65. The molecule has 1 aromatic heterocycles. The van der Waals surface area contributed by atoms with Crippen LogP contribution in [0.5, 0.6) is 0 Å². The number of hydrogen-bond acceptors (Lipinski definition) is 1. The summed E-state index contributed by atoms with van der Waals surface area (Å²) in [5.74, 6) is 0. The Kier molecular flexibility index (Phi) is 3.59. The highest BCUT2D eigenvalue weighted by Gasteiger charge is 2.05. The largest absolute Gasteiger partial charge is 0.388 e. The van der Waals surface area contributed by atoms with Gasteiger partial charge in [-0.15, -0.1) is 0 Å². The lowest BCUT2D eigenvalue weighted by Crippen LogP contribution is -1.86. The fraction of sp³-hybridized carbons (Fsp3) is 0.294. The maximum atomic E-state index is 12.1. The van der Waals surface area contributed by atoms with E-state index in [-0.39, 0.29) is 6.67 Å². The molecule has 0 aliphatic carbocycles. The Bertz CT molecular complexity index is 730. The van der Waals surface area contributed by atoms with Crippen molar-refractivity contribution in [2.24, 2.45) is 0 Å². The van der Waals surface area contributed by atoms with E-state index in [2.05, 4.69) is 46.7 Å². The van der Waals surface area contributed by atoms with Crippen LogP contribution in [0, 0.1) is 0 Å². The first-order valence-electron chi connectivity index (χ1n) is 7.10. The van der Waals surface area contributed by atoms with E-state index in [4.69, 9.17) is 0 Å². The molecule has 1 heterocycles. The number of halogens is 1. The molecular weight excluding hydrogens is 251 g/mol. The molecule has 0 amide bonds. The number of aryl methyl sites for hydroxylation is 1. The Balaban J connectivity index is 1.99. The highest BCUT2D eigenvalue weighted by atomic mass is 19.1. The molecule has 2 nitrogen and oxygen atoms in total. The number of unbranched alkanes of at least 4 members (excludes halogenated alkanes) is 1. The molecular formula is C17H19FN2. The maximum Gasteiger partial charge on any atom is 0.0894 e. The van der Waals surface area contributed by atoms with Gasteiger partial charge in [-0.25, -0.2) is 0 Å². The van der Waals surface area contributed by atoms with Crippen LogP contribution < -0.4 is 5.32 Å². The molecule has 0 spiro atoms. The lowest BCUT2D eigenvalue weighted by atomic mass is 10.1. The minimum Gasteiger partial charge on any atom is -0.388 e. The predicted molar refractivity (Wildman–Crippen MR) is 84.3 cm³/mol. The van der Waals surface area contributed by atoms with E-state index in [9.17, 15) is 4.39 Å². The summed E-state index contributed by atoms with van der Waals surface area (Å²) in [6.07, 6.45) is 2.50. The molecule has 3 aromatic rings. The van der Waals surface area contributed by atoms with Crippen LogP contribution in [0.2, 0.25) is 0 Å². The number of hydrogen-bond donors (Lipinski definition) is 2. The summed E-state index contributed by atoms with van der Waals surface area (Å²) in [4.78, 5) is 3.47. The molecule has 0 saturated carbocycles. The van der Waals surface area contributed by atoms with E-state index < -0.39 is 0 Å². The Morgan fingerprint density at radius 2 is 1.75 bits per heavy atom. The lowest BCUT2D eigenvalue weighted by molar-refractivity contribution is 0.462. The number of benzene rings is 2. The Morgan fingerprint density at radius 3 is 2.50 bits per heavy atom. The molecule has 0 atom stereocenters. The number of aromatic nitrogens is 1. The van der Waals surface area contributed by atoms with E-state index >= 15 is 0 Å². The molecule has 0 saturated heterocycles. The average molecular weight is 270 g/mol. The third-order valence-corrected chi connectivity index (χ3v) is 3.80. The van der Waals surface area contributed by atoms with Gasteiger partial charge in [0.05, 0.1) is 6.67 Å². The van der Waals surface area contributed by atoms with Crippen molar-refractivity contribution in [3.63, 3.8) is 0 Å². The minimum atomic E-state index is -0.221. The highest BCUT2D eigenvalue weighted by molar-refractivity contribution is 6.08. The number of fused-ring (bicyclic) bond motifs is 3. The van der Waals surface area contributed by atoms with E-state index in [1.807, 2.05) is 7.05 Å². The fourth-order valence-corrected chi connectivity index (χ4v) is 2.69. The molecule has 3 rings (SSSR count). The summed E-state index contributed by atoms with van der Waals surface area (Å²) < 4.78 is 12.1. The van der Waals surface area contributed by atoms with E-state index in [0.29, 0.717) is 6.42 Å². The standard InChI is InChI=1S/C17H19FN2/c1-19-13-6-8-15-14-7-5-12(4-2-3-9-18)10-16(14)20-17(15)11-13/h5-8,10-11,19-20H,2-4,9H2,1H3. The van der Waals surface area contributed by atoms with Crippen LogP contribution >= 0.6 is 0 Å². The van der Waals surface area contributed by atoms with Gasteiger partial charge in [0.2, 0.25) is 0 Å². The SMILES string of the molecule is CNc1ccc2c(c1)[nH]c1cc(CCCCF)ccc12. The third-order valence-electron chi connectivity index (χ3n) is 3.80. The van der Waals surface area contributed by atoms with E-state index in [1.165, 1.54) is 16.3 Å². The first kappa shape index (κ1) is 13.0. The van der Waals surface area contributed by atoms with Gasteiger partial charge in [-0.3, -0.25) is 4.39 Å². The van der Waals surface area contributed by atoms with Gasteiger partial charge in [-0.2, -0.15) is 0 Å². The quantitative estimate of drug-likeness (QED) is 0.649. The normalized spacial score (nSPS) is 11.3. The van der Waals surface area contributed by atoms with Crippen LogP contribution in [0.3, 0.4) is 0 Å². The number of rotatable bonds is 5. The molecule has 104 valence electrons. The molecule has 0 radical (unpaired) electrons. The van der Waals surface area contributed by atoms with Crippen molar-refractivity contribution < 1.29 is 4.39 Å². The van der Waals surface area contributed by atoms with Crippen LogP contribution in [0.15, 0.2) is 36.4 Å². The third kappa shape index (κ3) is 2.36. The number of H-pyrrole nitrogens is 1. The van der Waals surface area contributed by atoms with E-state index in [0.717, 1.165) is 29.6 Å². The molecule has 0 aliphatic heterocycles. The van der Waals surface area contributed by atoms with Crippen molar-refractivity contribution in [3.8, 4) is 0 Å². The van der Waals surface area contributed by atoms with Crippen LogP contribution in [0.25, 0.3) is 21.8 Å². The Hall–Kier alpha value is -2.03. The van der Waals surface area contributed by atoms with Crippen molar-refractivity contribution in [1.29, 1.82) is 0 Å². The zero-order chi connectivity index (χ0) is 13.9. The molecule has 0 fully saturated rings. The van der Waals surface area contributed by atoms with Gasteiger partial charge in [0, 0.05) is 34.5 Å². The van der Waals surface area contributed by atoms with Crippen molar-refractivity contribution in [3.05, 3.63) is 42.0 Å². The summed E-state index contributed by atoms with van der Waals surface area (Å²) in [6.45, 7) is -0.221. The summed E-state index contributed by atoms with van der Waals surface area (Å²) in [6, 6.07) is 12.9. The fourth-order valence-electron chi connectivity index (χ4n) is 2.69. The van der Waals surface area contributed by atoms with Crippen LogP contribution in [-0.2, 0) is 6.42 Å². The average Bonchev–Trinajstić information content (AvgIpc) is 2.84. The second-order valence-corrected chi connectivity index (χ2v) is 5.16. The molecule has 0 unspecified atom stereocenters. The Morgan fingerprint density at radius 1 is 1.00 bits per heavy atom. The predicted octanol–water partition coefficient (Wildman–Crippen LogP) is 4.66. The monoisotopic (exact) mass is 270 g/mol. The van der Waals surface area contributed by atoms with E-state index in [1.54, 1.807) is 0 Å². The second kappa shape index (κ2) is 5.53. The summed E-state index contributed by atoms with van der Waals surface area (Å²) in [7, 11) is 1.92. The molecule has 2 aromatic carbocycles. The number of nitrogens with one attached hydrogen (secondary N) is 2. The zero-order valence-electron chi connectivity index (χ0n) is 11.7. The van der Waals surface area contributed by atoms with Crippen molar-refractivity contribution >= 4 is 27.5 Å². The van der Waals surface area contributed by atoms with Gasteiger partial charge in [0.1, 0.15) is 0 Å². The van der Waals surface area contributed by atoms with Gasteiger partial charge in [0.15, 0.2) is 0 Å². The molecule has 3 heteroatoms. The lowest BCUT2D eigenvalue weighted by Gasteiger charge is -2.00. The molecule has 0 bridgehead atoms. The van der Waals surface area contributed by atoms with Crippen molar-refractivity contribution in [2.45, 2.75) is 19.3 Å². The van der Waals surface area contributed by atoms with Crippen molar-refractivity contribution in [1.82, 2.24) is 4.98 Å².